The third-order valence-electron chi connectivity index (χ3n) is 15.6. The summed E-state index contributed by atoms with van der Waals surface area (Å²) in [5.41, 5.74) is -2.06. The predicted octanol–water partition coefficient (Wildman–Crippen LogP) is 3.53. The van der Waals surface area contributed by atoms with Gasteiger partial charge in [-0.3, -0.25) is 9.59 Å². The van der Waals surface area contributed by atoms with Crippen molar-refractivity contribution in [2.45, 2.75) is 161 Å². The topological polar surface area (TPSA) is 152 Å². The molecule has 5 saturated carbocycles. The van der Waals surface area contributed by atoms with Gasteiger partial charge in [0.2, 0.25) is 0 Å². The Kier molecular flexibility index (Phi) is 7.80. The van der Waals surface area contributed by atoms with Crippen LogP contribution in [0.1, 0.15) is 107 Å². The average molecular weight is 663 g/mol. The van der Waals surface area contributed by atoms with Gasteiger partial charge in [-0.15, -0.1) is 0 Å². The lowest BCUT2D eigenvalue weighted by Crippen LogP contribution is -2.60. The van der Waals surface area contributed by atoms with E-state index in [0.717, 1.165) is 44.9 Å². The smallest absolute Gasteiger partial charge is 0.303 e. The van der Waals surface area contributed by atoms with E-state index in [4.69, 9.17) is 18.9 Å². The molecule has 0 unspecified atom stereocenters. The first-order chi connectivity index (χ1) is 21.8. The van der Waals surface area contributed by atoms with Gasteiger partial charge < -0.3 is 39.4 Å². The number of hydrogen-bond acceptors (Lipinski definition) is 10. The van der Waals surface area contributed by atoms with Crippen LogP contribution in [-0.2, 0) is 28.5 Å². The van der Waals surface area contributed by atoms with E-state index in [-0.39, 0.29) is 57.9 Å². The molecule has 0 aromatic carbocycles. The zero-order valence-electron chi connectivity index (χ0n) is 29.5. The molecule has 2 saturated heterocycles. The van der Waals surface area contributed by atoms with Crippen LogP contribution in [0.4, 0.5) is 0 Å². The number of hydrogen-bond donors (Lipinski definition) is 4. The lowest BCUT2D eigenvalue weighted by atomic mass is 9.41. The highest BCUT2D eigenvalue weighted by Crippen LogP contribution is 2.89. The van der Waals surface area contributed by atoms with E-state index in [1.165, 1.54) is 6.92 Å². The van der Waals surface area contributed by atoms with Crippen LogP contribution >= 0.6 is 0 Å². The third kappa shape index (κ3) is 4.46. The number of aliphatic hydroxyl groups is 4. The molecule has 2 heterocycles. The van der Waals surface area contributed by atoms with Crippen LogP contribution in [0.3, 0.4) is 0 Å². The van der Waals surface area contributed by atoms with Crippen molar-refractivity contribution in [3.63, 3.8) is 0 Å². The summed E-state index contributed by atoms with van der Waals surface area (Å²) in [5, 5.41) is 41.8. The second-order valence-electron chi connectivity index (χ2n) is 18.4. The van der Waals surface area contributed by atoms with Crippen LogP contribution in [0, 0.1) is 50.7 Å². The van der Waals surface area contributed by atoms with Gasteiger partial charge in [-0.25, -0.2) is 0 Å². The van der Waals surface area contributed by atoms with Gasteiger partial charge in [-0.2, -0.15) is 0 Å². The Bertz CT molecular complexity index is 1290. The Morgan fingerprint density at radius 3 is 2.30 bits per heavy atom. The first-order valence-electron chi connectivity index (χ1n) is 18.2. The zero-order chi connectivity index (χ0) is 34.3. The van der Waals surface area contributed by atoms with Crippen molar-refractivity contribution in [1.29, 1.82) is 0 Å². The highest BCUT2D eigenvalue weighted by molar-refractivity contribution is 5.93. The molecule has 2 spiro atoms. The molecule has 7 rings (SSSR count). The first kappa shape index (κ1) is 34.3. The zero-order valence-corrected chi connectivity index (χ0v) is 29.5. The molecule has 4 N–H and O–H groups in total. The van der Waals surface area contributed by atoms with Crippen LogP contribution in [0.2, 0.25) is 0 Å². The Labute approximate surface area is 279 Å². The number of rotatable bonds is 5. The standard InChI is InChI=1S/C37H58O10/c1-18-15-21(30(33(5,6)43)45-19(2)38)46-28-25(18)34(7)13-14-37-17-36(37)12-11-24(47-31-27(41)26(40)20(39)16-44-31)32(3,4)22(36)9-10-23(37)35(34,8)29(28)42/h18,20-28,30-31,39-41,43H,9-17H2,1-8H3/t18-,20+,21-,22+,23+,24+,25+,26+,27-,28+,30+,31+,34-,35-,36-,37+/m1/s1. The maximum absolute atomic E-state index is 15.0. The molecule has 10 heteroatoms. The maximum Gasteiger partial charge on any atom is 0.303 e. The molecule has 7 fully saturated rings. The summed E-state index contributed by atoms with van der Waals surface area (Å²) in [6, 6.07) is 0. The van der Waals surface area contributed by atoms with E-state index in [1.807, 2.05) is 0 Å². The van der Waals surface area contributed by atoms with Crippen LogP contribution in [0.15, 0.2) is 0 Å². The minimum atomic E-state index is -1.31. The van der Waals surface area contributed by atoms with Crippen molar-refractivity contribution in [2.75, 3.05) is 6.61 Å². The molecule has 0 amide bonds. The number of ether oxygens (including phenoxy) is 4. The number of fused-ring (bicyclic) bond motifs is 4. The summed E-state index contributed by atoms with van der Waals surface area (Å²) in [4.78, 5) is 27.0. The Morgan fingerprint density at radius 2 is 1.64 bits per heavy atom. The van der Waals surface area contributed by atoms with Crippen LogP contribution in [0.25, 0.3) is 0 Å². The monoisotopic (exact) mass is 662 g/mol. The summed E-state index contributed by atoms with van der Waals surface area (Å²) in [5.74, 6) is 0.603. The third-order valence-corrected chi connectivity index (χ3v) is 15.6. The number of ketones is 1. The summed E-state index contributed by atoms with van der Waals surface area (Å²) >= 11 is 0. The van der Waals surface area contributed by atoms with Crippen molar-refractivity contribution in [3.8, 4) is 0 Å². The second-order valence-corrected chi connectivity index (χ2v) is 18.4. The van der Waals surface area contributed by atoms with Gasteiger partial charge in [0.25, 0.3) is 0 Å². The SMILES string of the molecule is CC(=O)O[C@@H]([C@H]1C[C@@H](C)[C@H]2[C@H](O1)C(=O)[C@@]1(C)[C@@H]3CC[C@H]4C(C)(C)[C@@H](O[C@@H]5OC[C@H](O)[C@H](O)[C@H]5O)CC[C@@]45C[C@@]35CC[C@]21C)C(C)(C)O. The first-order valence-corrected chi connectivity index (χ1v) is 18.2. The van der Waals surface area contributed by atoms with E-state index in [9.17, 15) is 30.0 Å². The minimum Gasteiger partial charge on any atom is -0.457 e. The minimum absolute atomic E-state index is 0.0668. The van der Waals surface area contributed by atoms with Gasteiger partial charge in [0.1, 0.15) is 24.4 Å². The lowest BCUT2D eigenvalue weighted by molar-refractivity contribution is -0.302. The molecule has 0 bridgehead atoms. The van der Waals surface area contributed by atoms with Crippen molar-refractivity contribution < 1.29 is 49.0 Å². The number of carbonyl (C=O) groups is 2. The van der Waals surface area contributed by atoms with E-state index >= 15 is 0 Å². The van der Waals surface area contributed by atoms with Gasteiger partial charge in [0.15, 0.2) is 18.2 Å². The quantitative estimate of drug-likeness (QED) is 0.254. The van der Waals surface area contributed by atoms with E-state index in [0.29, 0.717) is 12.3 Å². The molecule has 266 valence electrons. The lowest BCUT2D eigenvalue weighted by Gasteiger charge is -2.62. The summed E-state index contributed by atoms with van der Waals surface area (Å²) in [6.45, 7) is 15.9. The molecule has 10 nitrogen and oxygen atoms in total. The van der Waals surface area contributed by atoms with Gasteiger partial charge in [-0.05, 0) is 105 Å². The molecule has 0 aromatic heterocycles. The normalized spacial score (nSPS) is 53.9. The van der Waals surface area contributed by atoms with E-state index < -0.39 is 59.9 Å². The van der Waals surface area contributed by atoms with Crippen molar-refractivity contribution in [3.05, 3.63) is 0 Å². The second kappa shape index (κ2) is 10.7. The Morgan fingerprint density at radius 1 is 0.979 bits per heavy atom. The molecular formula is C37H58O10. The fraction of sp³-hybridized carbons (Fsp3) is 0.946. The van der Waals surface area contributed by atoms with Gasteiger partial charge in [-0.1, -0.05) is 34.6 Å². The molecule has 16 atom stereocenters. The van der Waals surface area contributed by atoms with Crippen LogP contribution in [0.5, 0.6) is 0 Å². The molecule has 5 aliphatic carbocycles. The largest absolute Gasteiger partial charge is 0.457 e. The maximum atomic E-state index is 15.0. The van der Waals surface area contributed by atoms with Crippen molar-refractivity contribution in [2.24, 2.45) is 50.7 Å². The molecule has 2 aliphatic heterocycles. The molecule has 0 radical (unpaired) electrons. The predicted molar refractivity (Wildman–Crippen MR) is 170 cm³/mol. The molecule has 0 aromatic rings. The number of esters is 1. The summed E-state index contributed by atoms with van der Waals surface area (Å²) in [6.07, 6.45) is 0.691. The summed E-state index contributed by atoms with van der Waals surface area (Å²) < 4.78 is 24.4. The average Bonchev–Trinajstić information content (AvgIpc) is 3.61. The van der Waals surface area contributed by atoms with Gasteiger partial charge in [0, 0.05) is 18.3 Å². The van der Waals surface area contributed by atoms with E-state index in [2.05, 4.69) is 34.6 Å². The molecular weight excluding hydrogens is 604 g/mol. The fourth-order valence-corrected chi connectivity index (χ4v) is 13.4. The highest BCUT2D eigenvalue weighted by atomic mass is 16.7. The Balaban J connectivity index is 1.15. The Hall–Kier alpha value is -1.14. The number of Topliss-reactive ketones (excluding diaryl/α,β-unsaturated/α-hetero) is 1. The van der Waals surface area contributed by atoms with Gasteiger partial charge in [0.05, 0.1) is 24.4 Å². The van der Waals surface area contributed by atoms with E-state index in [1.54, 1.807) is 13.8 Å². The molecule has 7 aliphatic rings. The van der Waals surface area contributed by atoms with Crippen LogP contribution in [-0.4, -0.2) is 93.4 Å². The number of carbonyl (C=O) groups excluding carboxylic acids is 2. The highest BCUT2D eigenvalue weighted by Gasteiger charge is 2.85. The van der Waals surface area contributed by atoms with Crippen molar-refractivity contribution >= 4 is 11.8 Å². The van der Waals surface area contributed by atoms with Crippen LogP contribution < -0.4 is 0 Å². The molecule has 47 heavy (non-hydrogen) atoms. The van der Waals surface area contributed by atoms with Crippen molar-refractivity contribution in [1.82, 2.24) is 0 Å². The number of aliphatic hydroxyl groups excluding tert-OH is 3. The fourth-order valence-electron chi connectivity index (χ4n) is 13.4. The van der Waals surface area contributed by atoms with Gasteiger partial charge >= 0.3 is 5.97 Å². The summed E-state index contributed by atoms with van der Waals surface area (Å²) in [7, 11) is 0.